The second-order valence-corrected chi connectivity index (χ2v) is 5.07. The van der Waals surface area contributed by atoms with Crippen LogP contribution in [-0.2, 0) is 25.7 Å². The molecule has 1 aromatic carbocycles. The molecule has 9 nitrogen and oxygen atoms in total. The minimum absolute atomic E-state index is 0.0273. The first-order chi connectivity index (χ1) is 12.0. The van der Waals surface area contributed by atoms with Crippen molar-refractivity contribution in [3.05, 3.63) is 35.7 Å². The summed E-state index contributed by atoms with van der Waals surface area (Å²) in [6.45, 7) is 3.62. The Morgan fingerprint density at radius 2 is 2.00 bits per heavy atom. The average Bonchev–Trinajstić information content (AvgIpc) is 2.98. The Kier molecular flexibility index (Phi) is 6.47. The fourth-order valence-electron chi connectivity index (χ4n) is 1.93. The summed E-state index contributed by atoms with van der Waals surface area (Å²) in [4.78, 5) is 26.5. The molecule has 0 saturated heterocycles. The van der Waals surface area contributed by atoms with Crippen molar-refractivity contribution in [3.63, 3.8) is 0 Å². The van der Waals surface area contributed by atoms with Crippen LogP contribution in [0.25, 0.3) is 0 Å². The van der Waals surface area contributed by atoms with Gasteiger partial charge >= 0.3 is 11.9 Å². The molecule has 0 amide bonds. The normalized spacial score (nSPS) is 10.4. The molecule has 9 heteroatoms. The zero-order chi connectivity index (χ0) is 18.2. The van der Waals surface area contributed by atoms with Crippen LogP contribution in [-0.4, -0.2) is 47.0 Å². The highest BCUT2D eigenvalue weighted by Gasteiger charge is 2.17. The molecule has 0 fully saturated rings. The molecule has 2 rings (SSSR count). The van der Waals surface area contributed by atoms with E-state index < -0.39 is 5.97 Å². The number of aryl methyl sites for hydroxylation is 1. The molecule has 1 heterocycles. The lowest BCUT2D eigenvalue weighted by Gasteiger charge is -2.10. The van der Waals surface area contributed by atoms with Crippen molar-refractivity contribution in [2.75, 3.05) is 25.6 Å². The molecular formula is C16H20N4O5. The SMILES string of the molecule is COC(=O)c1nc(Nc2ccccc2C)n(COCCOC(C)=O)n1. The van der Waals surface area contributed by atoms with Gasteiger partial charge in [-0.05, 0) is 18.6 Å². The number of esters is 2. The van der Waals surface area contributed by atoms with Crippen LogP contribution >= 0.6 is 0 Å². The summed E-state index contributed by atoms with van der Waals surface area (Å²) in [6, 6.07) is 7.63. The maximum Gasteiger partial charge on any atom is 0.378 e. The minimum atomic E-state index is -0.647. The van der Waals surface area contributed by atoms with Crippen LogP contribution < -0.4 is 5.32 Å². The van der Waals surface area contributed by atoms with Crippen LogP contribution in [0.15, 0.2) is 24.3 Å². The number of para-hydroxylation sites is 1. The highest BCUT2D eigenvalue weighted by molar-refractivity contribution is 5.85. The molecule has 0 radical (unpaired) electrons. The van der Waals surface area contributed by atoms with Crippen molar-refractivity contribution >= 4 is 23.6 Å². The summed E-state index contributed by atoms with van der Waals surface area (Å²) in [7, 11) is 1.26. The number of methoxy groups -OCH3 is 1. The van der Waals surface area contributed by atoms with Crippen LogP contribution in [0.3, 0.4) is 0 Å². The Morgan fingerprint density at radius 1 is 1.24 bits per heavy atom. The van der Waals surface area contributed by atoms with E-state index >= 15 is 0 Å². The number of nitrogens with zero attached hydrogens (tertiary/aromatic N) is 3. The molecule has 0 spiro atoms. The van der Waals surface area contributed by atoms with E-state index in [4.69, 9.17) is 9.47 Å². The van der Waals surface area contributed by atoms with E-state index in [0.29, 0.717) is 5.95 Å². The van der Waals surface area contributed by atoms with Crippen LogP contribution in [0.1, 0.15) is 23.1 Å². The Labute approximate surface area is 144 Å². The number of hydrogen-bond donors (Lipinski definition) is 1. The molecular weight excluding hydrogens is 328 g/mol. The second kappa shape index (κ2) is 8.78. The number of carbonyl (C=O) groups is 2. The molecule has 25 heavy (non-hydrogen) atoms. The van der Waals surface area contributed by atoms with Gasteiger partial charge in [-0.2, -0.15) is 4.98 Å². The summed E-state index contributed by atoms with van der Waals surface area (Å²) >= 11 is 0. The van der Waals surface area contributed by atoms with Crippen molar-refractivity contribution in [2.45, 2.75) is 20.6 Å². The van der Waals surface area contributed by atoms with E-state index in [2.05, 4.69) is 20.1 Å². The summed E-state index contributed by atoms with van der Waals surface area (Å²) in [6.07, 6.45) is 0. The maximum absolute atomic E-state index is 11.7. The van der Waals surface area contributed by atoms with E-state index in [1.807, 2.05) is 31.2 Å². The van der Waals surface area contributed by atoms with Crippen LogP contribution in [0.5, 0.6) is 0 Å². The quantitative estimate of drug-likeness (QED) is 0.567. The molecule has 134 valence electrons. The van der Waals surface area contributed by atoms with E-state index in [-0.39, 0.29) is 31.7 Å². The van der Waals surface area contributed by atoms with Gasteiger partial charge in [-0.15, -0.1) is 5.10 Å². The number of aromatic nitrogens is 3. The lowest BCUT2D eigenvalue weighted by Crippen LogP contribution is -2.13. The van der Waals surface area contributed by atoms with Gasteiger partial charge in [0.25, 0.3) is 5.82 Å². The lowest BCUT2D eigenvalue weighted by molar-refractivity contribution is -0.142. The minimum Gasteiger partial charge on any atom is -0.463 e. The molecule has 0 unspecified atom stereocenters. The van der Waals surface area contributed by atoms with Crippen LogP contribution in [0.4, 0.5) is 11.6 Å². The topological polar surface area (TPSA) is 105 Å². The molecule has 0 atom stereocenters. The molecule has 0 aliphatic heterocycles. The lowest BCUT2D eigenvalue weighted by atomic mass is 10.2. The molecule has 2 aromatic rings. The Bertz CT molecular complexity index is 744. The smallest absolute Gasteiger partial charge is 0.378 e. The van der Waals surface area contributed by atoms with Gasteiger partial charge in [-0.3, -0.25) is 4.79 Å². The highest BCUT2D eigenvalue weighted by atomic mass is 16.6. The third-order valence-electron chi connectivity index (χ3n) is 3.18. The molecule has 0 bridgehead atoms. The average molecular weight is 348 g/mol. The van der Waals surface area contributed by atoms with Crippen molar-refractivity contribution in [3.8, 4) is 0 Å². The number of benzene rings is 1. The fraction of sp³-hybridized carbons (Fsp3) is 0.375. The van der Waals surface area contributed by atoms with Gasteiger partial charge in [0, 0.05) is 12.6 Å². The first-order valence-corrected chi connectivity index (χ1v) is 7.58. The molecule has 0 saturated carbocycles. The van der Waals surface area contributed by atoms with Gasteiger partial charge in [0.15, 0.2) is 0 Å². The van der Waals surface area contributed by atoms with E-state index in [0.717, 1.165) is 11.3 Å². The van der Waals surface area contributed by atoms with Crippen molar-refractivity contribution in [1.29, 1.82) is 0 Å². The van der Waals surface area contributed by atoms with E-state index in [1.54, 1.807) is 0 Å². The number of rotatable bonds is 8. The third kappa shape index (κ3) is 5.28. The van der Waals surface area contributed by atoms with Crippen molar-refractivity contribution < 1.29 is 23.8 Å². The van der Waals surface area contributed by atoms with E-state index in [9.17, 15) is 9.59 Å². The maximum atomic E-state index is 11.7. The van der Waals surface area contributed by atoms with Gasteiger partial charge in [0.2, 0.25) is 5.95 Å². The number of anilines is 2. The zero-order valence-corrected chi connectivity index (χ0v) is 14.3. The predicted molar refractivity (Wildman–Crippen MR) is 88.4 cm³/mol. The number of ether oxygens (including phenoxy) is 3. The fourth-order valence-corrected chi connectivity index (χ4v) is 1.93. The van der Waals surface area contributed by atoms with Crippen molar-refractivity contribution in [1.82, 2.24) is 14.8 Å². The summed E-state index contributed by atoms with van der Waals surface area (Å²) in [5.74, 6) is -0.768. The molecule has 0 aliphatic carbocycles. The van der Waals surface area contributed by atoms with Gasteiger partial charge < -0.3 is 19.5 Å². The Hall–Kier alpha value is -2.94. The summed E-state index contributed by atoms with van der Waals surface area (Å²) in [5.41, 5.74) is 1.83. The van der Waals surface area contributed by atoms with Gasteiger partial charge in [0.05, 0.1) is 13.7 Å². The number of nitrogens with one attached hydrogen (secondary N) is 1. The highest BCUT2D eigenvalue weighted by Crippen LogP contribution is 2.19. The first kappa shape index (κ1) is 18.4. The van der Waals surface area contributed by atoms with Gasteiger partial charge in [-0.1, -0.05) is 18.2 Å². The Balaban J connectivity index is 2.10. The Morgan fingerprint density at radius 3 is 2.68 bits per heavy atom. The van der Waals surface area contributed by atoms with Crippen molar-refractivity contribution in [2.24, 2.45) is 0 Å². The molecule has 0 aliphatic rings. The standard InChI is InChI=1S/C16H20N4O5/c1-11-6-4-5-7-13(11)17-16-18-14(15(22)23-3)19-20(16)10-24-8-9-25-12(2)21/h4-7H,8-10H2,1-3H3,(H,17,18,19). The third-order valence-corrected chi connectivity index (χ3v) is 3.18. The largest absolute Gasteiger partial charge is 0.463 e. The molecule has 1 aromatic heterocycles. The van der Waals surface area contributed by atoms with Crippen LogP contribution in [0.2, 0.25) is 0 Å². The van der Waals surface area contributed by atoms with Crippen LogP contribution in [0, 0.1) is 6.92 Å². The summed E-state index contributed by atoms with van der Waals surface area (Å²) in [5, 5.41) is 7.19. The summed E-state index contributed by atoms with van der Waals surface area (Å²) < 4.78 is 16.2. The zero-order valence-electron chi connectivity index (χ0n) is 14.3. The monoisotopic (exact) mass is 348 g/mol. The molecule has 1 N–H and O–H groups in total. The van der Waals surface area contributed by atoms with E-state index in [1.165, 1.54) is 18.7 Å². The number of carbonyl (C=O) groups excluding carboxylic acids is 2. The van der Waals surface area contributed by atoms with Gasteiger partial charge in [-0.25, -0.2) is 9.48 Å². The second-order valence-electron chi connectivity index (χ2n) is 5.07. The number of hydrogen-bond acceptors (Lipinski definition) is 8. The predicted octanol–water partition coefficient (Wildman–Crippen LogP) is 1.65. The van der Waals surface area contributed by atoms with Gasteiger partial charge in [0.1, 0.15) is 13.3 Å². The first-order valence-electron chi connectivity index (χ1n) is 7.58.